The van der Waals surface area contributed by atoms with Gasteiger partial charge in [0, 0.05) is 12.1 Å². The number of hydrogen-bond donors (Lipinski definition) is 1. The number of nitrogens with two attached hydrogens (primary N) is 1. The van der Waals surface area contributed by atoms with Gasteiger partial charge >= 0.3 is 0 Å². The topological polar surface area (TPSA) is 38.9 Å². The minimum absolute atomic E-state index is 0.433. The lowest BCUT2D eigenvalue weighted by molar-refractivity contribution is 1.15. The molecule has 0 aliphatic rings. The Hall–Kier alpha value is -0.670. The highest BCUT2D eigenvalue weighted by Crippen LogP contribution is 2.13. The van der Waals surface area contributed by atoms with E-state index in [4.69, 9.17) is 29.6 Å². The molecule has 64 valence electrons. The van der Waals surface area contributed by atoms with Gasteiger partial charge in [0.15, 0.2) is 0 Å². The van der Waals surface area contributed by atoms with E-state index in [1.165, 1.54) is 0 Å². The van der Waals surface area contributed by atoms with Crippen LogP contribution in [0.15, 0.2) is 12.1 Å². The van der Waals surface area contributed by atoms with Crippen LogP contribution in [-0.2, 0) is 6.42 Å². The fourth-order valence-electron chi connectivity index (χ4n) is 0.873. The van der Waals surface area contributed by atoms with Gasteiger partial charge in [-0.25, -0.2) is 4.98 Å². The Morgan fingerprint density at radius 2 is 2.33 bits per heavy atom. The predicted molar refractivity (Wildman–Crippen MR) is 54.5 cm³/mol. The Morgan fingerprint density at radius 1 is 1.67 bits per heavy atom. The maximum absolute atomic E-state index is 5.85. The van der Waals surface area contributed by atoms with Gasteiger partial charge in [0.05, 0.1) is 4.99 Å². The molecular formula is C8H9ClN2S. The zero-order valence-electron chi connectivity index (χ0n) is 6.67. The molecule has 0 radical (unpaired) electrons. The first-order valence-corrected chi connectivity index (χ1v) is 4.28. The van der Waals surface area contributed by atoms with Gasteiger partial charge in [0.1, 0.15) is 5.15 Å². The fraction of sp³-hybridized carbons (Fsp3) is 0.250. The lowest BCUT2D eigenvalue weighted by Gasteiger charge is -2.02. The highest BCUT2D eigenvalue weighted by molar-refractivity contribution is 7.80. The van der Waals surface area contributed by atoms with Gasteiger partial charge in [0.25, 0.3) is 0 Å². The highest BCUT2D eigenvalue weighted by atomic mass is 35.5. The van der Waals surface area contributed by atoms with E-state index in [1.54, 1.807) is 0 Å². The average Bonchev–Trinajstić information content (AvgIpc) is 1.94. The Kier molecular flexibility index (Phi) is 3.00. The van der Waals surface area contributed by atoms with Crippen molar-refractivity contribution in [1.82, 2.24) is 4.98 Å². The Bertz CT molecular complexity index is 312. The van der Waals surface area contributed by atoms with Crippen LogP contribution in [0.5, 0.6) is 0 Å². The number of halogens is 1. The normalized spacial score (nSPS) is 9.83. The van der Waals surface area contributed by atoms with Crippen molar-refractivity contribution >= 4 is 28.8 Å². The summed E-state index contributed by atoms with van der Waals surface area (Å²) < 4.78 is 0. The molecular weight excluding hydrogens is 192 g/mol. The van der Waals surface area contributed by atoms with E-state index in [2.05, 4.69) is 4.98 Å². The molecule has 1 rings (SSSR count). The first kappa shape index (κ1) is 9.42. The largest absolute Gasteiger partial charge is 0.393 e. The molecule has 2 N–H and O–H groups in total. The predicted octanol–water partition coefficient (Wildman–Crippen LogP) is 1.87. The zero-order valence-corrected chi connectivity index (χ0v) is 8.25. The molecule has 0 saturated heterocycles. The molecule has 0 spiro atoms. The van der Waals surface area contributed by atoms with Crippen molar-refractivity contribution in [3.63, 3.8) is 0 Å². The second-order valence-corrected chi connectivity index (χ2v) is 3.43. The average molecular weight is 201 g/mol. The van der Waals surface area contributed by atoms with Crippen LogP contribution in [0.4, 0.5) is 0 Å². The number of aryl methyl sites for hydroxylation is 1. The number of thiocarbonyl (C=S) groups is 1. The maximum atomic E-state index is 5.85. The second kappa shape index (κ2) is 3.83. The van der Waals surface area contributed by atoms with E-state index in [1.807, 2.05) is 19.1 Å². The molecule has 0 atom stereocenters. The summed E-state index contributed by atoms with van der Waals surface area (Å²) in [6.45, 7) is 1.89. The Balaban J connectivity index is 2.93. The third-order valence-electron chi connectivity index (χ3n) is 1.43. The summed E-state index contributed by atoms with van der Waals surface area (Å²) in [5.74, 6) is 0. The first-order valence-electron chi connectivity index (χ1n) is 3.50. The third-order valence-corrected chi connectivity index (χ3v) is 1.90. The van der Waals surface area contributed by atoms with Gasteiger partial charge in [-0.3, -0.25) is 0 Å². The van der Waals surface area contributed by atoms with Gasteiger partial charge in [-0.2, -0.15) is 0 Å². The van der Waals surface area contributed by atoms with Crippen LogP contribution >= 0.6 is 23.8 Å². The summed E-state index contributed by atoms with van der Waals surface area (Å²) in [6.07, 6.45) is 0.515. The molecule has 1 heterocycles. The van der Waals surface area contributed by atoms with Gasteiger partial charge in [-0.05, 0) is 18.6 Å². The first-order chi connectivity index (χ1) is 5.59. The molecule has 0 amide bonds. The van der Waals surface area contributed by atoms with Crippen molar-refractivity contribution in [3.05, 3.63) is 28.5 Å². The Labute approximate surface area is 81.7 Å². The second-order valence-electron chi connectivity index (χ2n) is 2.55. The molecule has 1 aromatic heterocycles. The van der Waals surface area contributed by atoms with Gasteiger partial charge in [-0.15, -0.1) is 0 Å². The third kappa shape index (κ3) is 2.43. The van der Waals surface area contributed by atoms with E-state index in [0.717, 1.165) is 11.3 Å². The molecule has 4 heteroatoms. The van der Waals surface area contributed by atoms with E-state index in [-0.39, 0.29) is 0 Å². The number of rotatable bonds is 2. The van der Waals surface area contributed by atoms with E-state index in [0.29, 0.717) is 16.6 Å². The molecule has 0 aliphatic carbocycles. The SMILES string of the molecule is Cc1ccc(CC(N)=S)c(Cl)n1. The summed E-state index contributed by atoms with van der Waals surface area (Å²) >= 11 is 10.6. The minimum Gasteiger partial charge on any atom is -0.393 e. The van der Waals surface area contributed by atoms with Crippen LogP contribution in [0.1, 0.15) is 11.3 Å². The molecule has 0 aliphatic heterocycles. The number of hydrogen-bond acceptors (Lipinski definition) is 2. The molecule has 0 bridgehead atoms. The van der Waals surface area contributed by atoms with Crippen LogP contribution in [0.3, 0.4) is 0 Å². The van der Waals surface area contributed by atoms with Crippen LogP contribution in [0.2, 0.25) is 5.15 Å². The molecule has 2 nitrogen and oxygen atoms in total. The van der Waals surface area contributed by atoms with Crippen LogP contribution in [-0.4, -0.2) is 9.97 Å². The maximum Gasteiger partial charge on any atom is 0.132 e. The molecule has 0 unspecified atom stereocenters. The van der Waals surface area contributed by atoms with E-state index < -0.39 is 0 Å². The fourth-order valence-corrected chi connectivity index (χ4v) is 1.29. The van der Waals surface area contributed by atoms with Gasteiger partial charge in [0.2, 0.25) is 0 Å². The molecule has 0 fully saturated rings. The summed E-state index contributed by atoms with van der Waals surface area (Å²) in [5.41, 5.74) is 7.16. The standard InChI is InChI=1S/C8H9ClN2S/c1-5-2-3-6(4-7(10)12)8(9)11-5/h2-3H,4H2,1H3,(H2,10,12). The summed E-state index contributed by atoms with van der Waals surface area (Å²) in [4.78, 5) is 4.51. The summed E-state index contributed by atoms with van der Waals surface area (Å²) in [6, 6.07) is 3.78. The lowest BCUT2D eigenvalue weighted by atomic mass is 10.2. The lowest BCUT2D eigenvalue weighted by Crippen LogP contribution is -2.11. The summed E-state index contributed by atoms with van der Waals surface area (Å²) in [5, 5.41) is 0.489. The highest BCUT2D eigenvalue weighted by Gasteiger charge is 2.02. The van der Waals surface area contributed by atoms with Crippen molar-refractivity contribution in [2.75, 3.05) is 0 Å². The number of pyridine rings is 1. The monoisotopic (exact) mass is 200 g/mol. The summed E-state index contributed by atoms with van der Waals surface area (Å²) in [7, 11) is 0. The van der Waals surface area contributed by atoms with E-state index >= 15 is 0 Å². The van der Waals surface area contributed by atoms with Crippen LogP contribution < -0.4 is 5.73 Å². The van der Waals surface area contributed by atoms with Crippen molar-refractivity contribution in [3.8, 4) is 0 Å². The van der Waals surface area contributed by atoms with Gasteiger partial charge < -0.3 is 5.73 Å². The van der Waals surface area contributed by atoms with Crippen molar-refractivity contribution in [2.45, 2.75) is 13.3 Å². The molecule has 0 saturated carbocycles. The zero-order chi connectivity index (χ0) is 9.14. The number of nitrogens with zero attached hydrogens (tertiary/aromatic N) is 1. The smallest absolute Gasteiger partial charge is 0.132 e. The van der Waals surface area contributed by atoms with Crippen molar-refractivity contribution in [2.24, 2.45) is 5.73 Å². The van der Waals surface area contributed by atoms with Crippen molar-refractivity contribution < 1.29 is 0 Å². The minimum atomic E-state index is 0.433. The van der Waals surface area contributed by atoms with Gasteiger partial charge in [-0.1, -0.05) is 29.9 Å². The molecule has 12 heavy (non-hydrogen) atoms. The van der Waals surface area contributed by atoms with Crippen LogP contribution in [0.25, 0.3) is 0 Å². The Morgan fingerprint density at radius 3 is 2.83 bits per heavy atom. The quantitative estimate of drug-likeness (QED) is 0.585. The van der Waals surface area contributed by atoms with E-state index in [9.17, 15) is 0 Å². The van der Waals surface area contributed by atoms with Crippen LogP contribution in [0, 0.1) is 6.92 Å². The number of aromatic nitrogens is 1. The van der Waals surface area contributed by atoms with Crippen molar-refractivity contribution in [1.29, 1.82) is 0 Å². The molecule has 0 aromatic carbocycles. The molecule has 1 aromatic rings.